The molecule has 0 spiro atoms. The van der Waals surface area contributed by atoms with Gasteiger partial charge in [0.25, 0.3) is 0 Å². The quantitative estimate of drug-likeness (QED) is 0.215. The average molecular weight is 505 g/mol. The summed E-state index contributed by atoms with van der Waals surface area (Å²) in [4.78, 5) is 10.6. The number of pyridine rings is 1. The van der Waals surface area contributed by atoms with Crippen molar-refractivity contribution in [3.05, 3.63) is 85.0 Å². The summed E-state index contributed by atoms with van der Waals surface area (Å²) >= 11 is 0. The highest BCUT2D eigenvalue weighted by Crippen LogP contribution is 2.35. The number of benzene rings is 1. The third-order valence-corrected chi connectivity index (χ3v) is 8.06. The molecule has 1 saturated heterocycles. The van der Waals surface area contributed by atoms with Crippen LogP contribution in [-0.4, -0.2) is 38.2 Å². The van der Waals surface area contributed by atoms with Crippen LogP contribution in [0.1, 0.15) is 49.8 Å². The first-order valence-electron chi connectivity index (χ1n) is 13.8. The van der Waals surface area contributed by atoms with Gasteiger partial charge in [-0.25, -0.2) is 0 Å². The topological polar surface area (TPSA) is 72.6 Å². The number of rotatable bonds is 8. The van der Waals surface area contributed by atoms with Crippen molar-refractivity contribution in [2.75, 3.05) is 18.4 Å². The standard InChI is InChI=1S/C32H36N6/c1-4-9-31(38-14-6-5-7-15-38)27-18-30(35-22(27)3)32-28-17-24(12-13-29(28)36-37-32)25-16-26(20-33-19-25)34-21(2)23-10-8-11-23/h4,9,12-13,16-20,23,34-35H,1-2,5-8,10-11,14-15H2,3H3,(H,36,37)/b31-9+. The van der Waals surface area contributed by atoms with E-state index in [0.29, 0.717) is 5.92 Å². The van der Waals surface area contributed by atoms with E-state index in [2.05, 4.69) is 81.8 Å². The molecule has 1 aliphatic carbocycles. The Balaban J connectivity index is 1.32. The maximum Gasteiger partial charge on any atom is 0.116 e. The Hall–Kier alpha value is -4.06. The predicted molar refractivity (Wildman–Crippen MR) is 158 cm³/mol. The van der Waals surface area contributed by atoms with Crippen LogP contribution in [0.5, 0.6) is 0 Å². The Morgan fingerprint density at radius 1 is 1.05 bits per heavy atom. The van der Waals surface area contributed by atoms with Gasteiger partial charge < -0.3 is 15.2 Å². The summed E-state index contributed by atoms with van der Waals surface area (Å²) in [6.45, 7) is 12.5. The van der Waals surface area contributed by atoms with Gasteiger partial charge in [-0.3, -0.25) is 10.1 Å². The third kappa shape index (κ3) is 4.67. The molecule has 2 aliphatic rings. The number of aryl methyl sites for hydroxylation is 1. The highest BCUT2D eigenvalue weighted by Gasteiger charge is 2.21. The zero-order valence-corrected chi connectivity index (χ0v) is 22.2. The van der Waals surface area contributed by atoms with Gasteiger partial charge in [-0.15, -0.1) is 0 Å². The maximum absolute atomic E-state index is 4.72. The van der Waals surface area contributed by atoms with Gasteiger partial charge in [0.1, 0.15) is 5.69 Å². The van der Waals surface area contributed by atoms with Crippen LogP contribution in [0.4, 0.5) is 5.69 Å². The lowest BCUT2D eigenvalue weighted by atomic mass is 9.83. The zero-order chi connectivity index (χ0) is 26.1. The molecule has 3 aromatic heterocycles. The summed E-state index contributed by atoms with van der Waals surface area (Å²) < 4.78 is 0. The van der Waals surface area contributed by atoms with Gasteiger partial charge in [0.2, 0.25) is 0 Å². The van der Waals surface area contributed by atoms with Gasteiger partial charge in [-0.05, 0) is 80.9 Å². The molecule has 0 radical (unpaired) electrons. The molecular formula is C32H36N6. The summed E-state index contributed by atoms with van der Waals surface area (Å²) in [5, 5.41) is 12.5. The second-order valence-corrected chi connectivity index (χ2v) is 10.6. The van der Waals surface area contributed by atoms with Crippen molar-refractivity contribution in [1.82, 2.24) is 25.1 Å². The van der Waals surface area contributed by atoms with Crippen LogP contribution in [0.15, 0.2) is 73.7 Å². The van der Waals surface area contributed by atoms with E-state index in [1.54, 1.807) is 0 Å². The SMILES string of the molecule is C=C/C=C(\c1cc(-c2n[nH]c3ccc(-c4cncc(NC(=C)C5CCC5)c4)cc23)[nH]c1C)N1CCCCC1. The largest absolute Gasteiger partial charge is 0.371 e. The van der Waals surface area contributed by atoms with Crippen LogP contribution in [0.25, 0.3) is 39.1 Å². The second-order valence-electron chi connectivity index (χ2n) is 10.6. The molecule has 4 aromatic rings. The van der Waals surface area contributed by atoms with E-state index >= 15 is 0 Å². The van der Waals surface area contributed by atoms with Crippen molar-refractivity contribution in [1.29, 1.82) is 0 Å². The van der Waals surface area contributed by atoms with Crippen molar-refractivity contribution in [2.24, 2.45) is 5.92 Å². The maximum atomic E-state index is 4.72. The van der Waals surface area contributed by atoms with E-state index in [4.69, 9.17) is 5.10 Å². The number of anilines is 1. The number of hydrogen-bond acceptors (Lipinski definition) is 4. The molecule has 194 valence electrons. The molecule has 0 unspecified atom stereocenters. The molecule has 1 aromatic carbocycles. The highest BCUT2D eigenvalue weighted by atomic mass is 15.1. The number of likely N-dealkylation sites (tertiary alicyclic amines) is 1. The molecule has 2 fully saturated rings. The molecule has 6 rings (SSSR count). The number of fused-ring (bicyclic) bond motifs is 1. The summed E-state index contributed by atoms with van der Waals surface area (Å²) in [6.07, 6.45) is 15.3. The number of allylic oxidation sites excluding steroid dienone is 3. The summed E-state index contributed by atoms with van der Waals surface area (Å²) in [7, 11) is 0. The molecule has 3 N–H and O–H groups in total. The number of hydrogen-bond donors (Lipinski definition) is 3. The number of nitrogens with one attached hydrogen (secondary N) is 3. The lowest BCUT2D eigenvalue weighted by Crippen LogP contribution is -2.28. The fraction of sp³-hybridized carbons (Fsp3) is 0.312. The van der Waals surface area contributed by atoms with Crippen molar-refractivity contribution < 1.29 is 0 Å². The van der Waals surface area contributed by atoms with E-state index in [1.165, 1.54) is 49.8 Å². The van der Waals surface area contributed by atoms with E-state index < -0.39 is 0 Å². The molecule has 4 heterocycles. The van der Waals surface area contributed by atoms with Crippen LogP contribution in [0, 0.1) is 12.8 Å². The molecular weight excluding hydrogens is 468 g/mol. The predicted octanol–water partition coefficient (Wildman–Crippen LogP) is 7.67. The van der Waals surface area contributed by atoms with Gasteiger partial charge in [0.05, 0.1) is 23.1 Å². The third-order valence-electron chi connectivity index (χ3n) is 8.06. The minimum atomic E-state index is 0.578. The monoisotopic (exact) mass is 504 g/mol. The number of H-pyrrole nitrogens is 2. The molecule has 38 heavy (non-hydrogen) atoms. The van der Waals surface area contributed by atoms with E-state index in [9.17, 15) is 0 Å². The van der Waals surface area contributed by atoms with Crippen LogP contribution in [-0.2, 0) is 0 Å². The molecule has 1 saturated carbocycles. The van der Waals surface area contributed by atoms with Gasteiger partial charge in [0.15, 0.2) is 0 Å². The summed E-state index contributed by atoms with van der Waals surface area (Å²) in [5.74, 6) is 0.578. The summed E-state index contributed by atoms with van der Waals surface area (Å²) in [6, 6.07) is 10.8. The first-order valence-corrected chi connectivity index (χ1v) is 13.8. The lowest BCUT2D eigenvalue weighted by molar-refractivity contribution is 0.326. The van der Waals surface area contributed by atoms with Gasteiger partial charge in [-0.2, -0.15) is 5.10 Å². The summed E-state index contributed by atoms with van der Waals surface area (Å²) in [5.41, 5.74) is 10.8. The fourth-order valence-corrected chi connectivity index (χ4v) is 5.67. The van der Waals surface area contributed by atoms with Crippen molar-refractivity contribution in [2.45, 2.75) is 45.4 Å². The van der Waals surface area contributed by atoms with E-state index in [-0.39, 0.29) is 0 Å². The average Bonchev–Trinajstić information content (AvgIpc) is 3.49. The molecule has 0 bridgehead atoms. The number of aromatic nitrogens is 4. The van der Waals surface area contributed by atoms with Crippen molar-refractivity contribution >= 4 is 22.3 Å². The lowest BCUT2D eigenvalue weighted by Gasteiger charge is -2.31. The van der Waals surface area contributed by atoms with Crippen molar-refractivity contribution in [3.8, 4) is 22.5 Å². The van der Waals surface area contributed by atoms with Gasteiger partial charge >= 0.3 is 0 Å². The zero-order valence-electron chi connectivity index (χ0n) is 22.2. The Morgan fingerprint density at radius 2 is 1.89 bits per heavy atom. The van der Waals surface area contributed by atoms with Crippen molar-refractivity contribution in [3.63, 3.8) is 0 Å². The molecule has 6 nitrogen and oxygen atoms in total. The van der Waals surface area contributed by atoms with Gasteiger partial charge in [-0.1, -0.05) is 31.7 Å². The minimum Gasteiger partial charge on any atom is -0.371 e. The Morgan fingerprint density at radius 3 is 2.66 bits per heavy atom. The highest BCUT2D eigenvalue weighted by molar-refractivity contribution is 5.95. The fourth-order valence-electron chi connectivity index (χ4n) is 5.67. The van der Waals surface area contributed by atoms with E-state index in [1.807, 2.05) is 18.5 Å². The second kappa shape index (κ2) is 10.4. The first-order chi connectivity index (χ1) is 18.6. The van der Waals surface area contributed by atoms with Crippen LogP contribution < -0.4 is 5.32 Å². The molecule has 6 heteroatoms. The smallest absolute Gasteiger partial charge is 0.116 e. The van der Waals surface area contributed by atoms with E-state index in [0.717, 1.165) is 63.6 Å². The number of aromatic amines is 2. The first kappa shape index (κ1) is 24.3. The number of nitrogens with zero attached hydrogens (tertiary/aromatic N) is 3. The molecule has 0 amide bonds. The Bertz CT molecular complexity index is 1510. The molecule has 0 atom stereocenters. The Kier molecular flexibility index (Phi) is 6.62. The normalized spacial score (nSPS) is 16.4. The molecule has 1 aliphatic heterocycles. The van der Waals surface area contributed by atoms with Gasteiger partial charge in [0, 0.05) is 52.9 Å². The van der Waals surface area contributed by atoms with Crippen LogP contribution >= 0.6 is 0 Å². The Labute approximate surface area is 224 Å². The number of piperidine rings is 1. The van der Waals surface area contributed by atoms with Crippen LogP contribution in [0.2, 0.25) is 0 Å². The van der Waals surface area contributed by atoms with Crippen LogP contribution in [0.3, 0.4) is 0 Å². The minimum absolute atomic E-state index is 0.578.